The zero-order chi connectivity index (χ0) is 19.4. The van der Waals surface area contributed by atoms with Gasteiger partial charge in [0.2, 0.25) is 5.91 Å². The molecule has 1 N–H and O–H groups in total. The molecule has 7 heteroatoms. The van der Waals surface area contributed by atoms with Gasteiger partial charge in [-0.05, 0) is 30.2 Å². The number of unbranched alkanes of at least 4 members (excludes halogenated alkanes) is 1. The summed E-state index contributed by atoms with van der Waals surface area (Å²) in [6.07, 6.45) is 5.09. The van der Waals surface area contributed by atoms with E-state index in [1.807, 2.05) is 6.07 Å². The third kappa shape index (κ3) is 7.83. The van der Waals surface area contributed by atoms with Crippen LogP contribution in [-0.2, 0) is 23.9 Å². The highest BCUT2D eigenvalue weighted by Crippen LogP contribution is 2.17. The van der Waals surface area contributed by atoms with Crippen LogP contribution < -0.4 is 10.2 Å². The van der Waals surface area contributed by atoms with Gasteiger partial charge in [0.15, 0.2) is 0 Å². The largest absolute Gasteiger partial charge is 0.468 e. The summed E-state index contributed by atoms with van der Waals surface area (Å²) in [5.74, 6) is -1.10. The topological polar surface area (TPSA) is 84.9 Å². The van der Waals surface area contributed by atoms with Crippen LogP contribution in [0.4, 0.5) is 5.69 Å². The third-order valence-electron chi connectivity index (χ3n) is 3.59. The second-order valence-electron chi connectivity index (χ2n) is 5.58. The summed E-state index contributed by atoms with van der Waals surface area (Å²) >= 11 is 0. The lowest BCUT2D eigenvalue weighted by Gasteiger charge is -2.22. The van der Waals surface area contributed by atoms with E-state index >= 15 is 0 Å². The second-order valence-corrected chi connectivity index (χ2v) is 5.58. The predicted octanol–water partition coefficient (Wildman–Crippen LogP) is 1.77. The molecule has 1 amide bonds. The van der Waals surface area contributed by atoms with Crippen LogP contribution >= 0.6 is 0 Å². The molecule has 0 unspecified atom stereocenters. The number of rotatable bonds is 10. The normalized spacial score (nSPS) is 10.4. The van der Waals surface area contributed by atoms with Gasteiger partial charge >= 0.3 is 11.9 Å². The zero-order valence-electron chi connectivity index (χ0n) is 15.5. The van der Waals surface area contributed by atoms with Crippen molar-refractivity contribution in [3.8, 4) is 0 Å². The number of carbonyl (C=O) groups is 3. The van der Waals surface area contributed by atoms with Gasteiger partial charge in [0.1, 0.15) is 13.1 Å². The second kappa shape index (κ2) is 11.7. The first kappa shape index (κ1) is 21.2. The Bertz CT molecular complexity index is 625. The number of hydrogen-bond acceptors (Lipinski definition) is 6. The predicted molar refractivity (Wildman–Crippen MR) is 99.6 cm³/mol. The van der Waals surface area contributed by atoms with Crippen LogP contribution in [0.1, 0.15) is 25.3 Å². The van der Waals surface area contributed by atoms with Crippen LogP contribution in [0.15, 0.2) is 30.3 Å². The van der Waals surface area contributed by atoms with Gasteiger partial charge in [0.25, 0.3) is 0 Å². The molecule has 7 nitrogen and oxygen atoms in total. The van der Waals surface area contributed by atoms with Crippen molar-refractivity contribution >= 4 is 29.6 Å². The average Bonchev–Trinajstić information content (AvgIpc) is 2.66. The van der Waals surface area contributed by atoms with Crippen molar-refractivity contribution in [2.24, 2.45) is 0 Å². The molecule has 1 rings (SSSR count). The minimum atomic E-state index is -0.467. The molecular weight excluding hydrogens is 336 g/mol. The average molecular weight is 362 g/mol. The van der Waals surface area contributed by atoms with Gasteiger partial charge in [0.05, 0.1) is 14.2 Å². The van der Waals surface area contributed by atoms with Crippen LogP contribution in [0.5, 0.6) is 0 Å². The number of nitrogens with zero attached hydrogens (tertiary/aromatic N) is 1. The van der Waals surface area contributed by atoms with E-state index in [9.17, 15) is 14.4 Å². The first-order chi connectivity index (χ1) is 12.5. The van der Waals surface area contributed by atoms with Crippen LogP contribution in [0.25, 0.3) is 6.08 Å². The van der Waals surface area contributed by atoms with Gasteiger partial charge in [-0.1, -0.05) is 25.5 Å². The summed E-state index contributed by atoms with van der Waals surface area (Å²) in [5.41, 5.74) is 1.42. The number of esters is 2. The number of ether oxygens (including phenoxy) is 2. The van der Waals surface area contributed by atoms with Crippen molar-refractivity contribution < 1.29 is 23.9 Å². The van der Waals surface area contributed by atoms with Crippen molar-refractivity contribution in [1.82, 2.24) is 5.32 Å². The van der Waals surface area contributed by atoms with Crippen molar-refractivity contribution in [2.45, 2.75) is 19.8 Å². The number of nitrogens with one attached hydrogen (secondary N) is 1. The van der Waals surface area contributed by atoms with Gasteiger partial charge in [-0.15, -0.1) is 0 Å². The molecule has 0 aliphatic heterocycles. The fourth-order valence-corrected chi connectivity index (χ4v) is 2.12. The van der Waals surface area contributed by atoms with E-state index in [-0.39, 0.29) is 19.0 Å². The van der Waals surface area contributed by atoms with E-state index in [1.54, 1.807) is 29.2 Å². The number of methoxy groups -OCH3 is 2. The SMILES string of the molecule is CCCCNC(=O)/C=C/c1cccc(N(CC(=O)OC)CC(=O)OC)c1. The highest BCUT2D eigenvalue weighted by molar-refractivity contribution is 5.92. The zero-order valence-corrected chi connectivity index (χ0v) is 15.5. The quantitative estimate of drug-likeness (QED) is 0.388. The molecule has 0 saturated heterocycles. The van der Waals surface area contributed by atoms with Crippen LogP contribution in [0.3, 0.4) is 0 Å². The molecule has 0 fully saturated rings. The summed E-state index contributed by atoms with van der Waals surface area (Å²) in [6, 6.07) is 7.16. The minimum Gasteiger partial charge on any atom is -0.468 e. The molecular formula is C19H26N2O5. The highest BCUT2D eigenvalue weighted by atomic mass is 16.5. The Balaban J connectivity index is 2.86. The molecule has 142 valence electrons. The van der Waals surface area contributed by atoms with E-state index in [1.165, 1.54) is 20.3 Å². The van der Waals surface area contributed by atoms with E-state index in [4.69, 9.17) is 0 Å². The van der Waals surface area contributed by atoms with E-state index in [0.717, 1.165) is 18.4 Å². The Morgan fingerprint density at radius 3 is 2.35 bits per heavy atom. The van der Waals surface area contributed by atoms with Gasteiger partial charge in [-0.25, -0.2) is 0 Å². The standard InChI is InChI=1S/C19H26N2O5/c1-4-5-11-20-17(22)10-9-15-7-6-8-16(12-15)21(13-18(23)25-2)14-19(24)26-3/h6-10,12H,4-5,11,13-14H2,1-3H3,(H,20,22)/b10-9+. The lowest BCUT2D eigenvalue weighted by atomic mass is 10.1. The van der Waals surface area contributed by atoms with Crippen LogP contribution in [-0.4, -0.2) is 51.7 Å². The van der Waals surface area contributed by atoms with Crippen molar-refractivity contribution in [3.63, 3.8) is 0 Å². The van der Waals surface area contributed by atoms with Crippen molar-refractivity contribution in [2.75, 3.05) is 38.8 Å². The van der Waals surface area contributed by atoms with E-state index < -0.39 is 11.9 Å². The smallest absolute Gasteiger partial charge is 0.325 e. The van der Waals surface area contributed by atoms with E-state index in [0.29, 0.717) is 12.2 Å². The van der Waals surface area contributed by atoms with Crippen LogP contribution in [0.2, 0.25) is 0 Å². The Kier molecular flexibility index (Phi) is 9.53. The summed E-state index contributed by atoms with van der Waals surface area (Å²) in [4.78, 5) is 36.5. The first-order valence-electron chi connectivity index (χ1n) is 8.44. The third-order valence-corrected chi connectivity index (χ3v) is 3.59. The molecule has 0 radical (unpaired) electrons. The summed E-state index contributed by atoms with van der Waals surface area (Å²) < 4.78 is 9.35. The van der Waals surface area contributed by atoms with E-state index in [2.05, 4.69) is 21.7 Å². The molecule has 0 aliphatic rings. The highest BCUT2D eigenvalue weighted by Gasteiger charge is 2.16. The molecule has 0 spiro atoms. The Hall–Kier alpha value is -2.83. The lowest BCUT2D eigenvalue weighted by molar-refractivity contribution is -0.140. The molecule has 26 heavy (non-hydrogen) atoms. The molecule has 0 saturated carbocycles. The summed E-state index contributed by atoms with van der Waals surface area (Å²) in [6.45, 7) is 2.53. The Morgan fingerprint density at radius 1 is 1.12 bits per heavy atom. The molecule has 0 heterocycles. The Labute approximate surface area is 154 Å². The number of benzene rings is 1. The maximum absolute atomic E-state index is 11.7. The molecule has 0 bridgehead atoms. The summed E-state index contributed by atoms with van der Waals surface area (Å²) in [5, 5.41) is 2.80. The molecule has 1 aromatic rings. The number of hydrogen-bond donors (Lipinski definition) is 1. The van der Waals surface area contributed by atoms with Crippen molar-refractivity contribution in [1.29, 1.82) is 0 Å². The minimum absolute atomic E-state index is 0.0870. The number of anilines is 1. The molecule has 1 aromatic carbocycles. The molecule has 0 aliphatic carbocycles. The van der Waals surface area contributed by atoms with Gasteiger partial charge in [-0.3, -0.25) is 14.4 Å². The van der Waals surface area contributed by atoms with Gasteiger partial charge in [-0.2, -0.15) is 0 Å². The first-order valence-corrected chi connectivity index (χ1v) is 8.44. The maximum atomic E-state index is 11.7. The monoisotopic (exact) mass is 362 g/mol. The van der Waals surface area contributed by atoms with Crippen molar-refractivity contribution in [3.05, 3.63) is 35.9 Å². The fraction of sp³-hybridized carbons (Fsp3) is 0.421. The summed E-state index contributed by atoms with van der Waals surface area (Å²) in [7, 11) is 2.57. The van der Waals surface area contributed by atoms with Gasteiger partial charge in [0, 0.05) is 18.3 Å². The van der Waals surface area contributed by atoms with Gasteiger partial charge < -0.3 is 19.7 Å². The molecule has 0 atom stereocenters. The molecule has 0 aromatic heterocycles. The maximum Gasteiger partial charge on any atom is 0.325 e. The lowest BCUT2D eigenvalue weighted by Crippen LogP contribution is -2.35. The number of carbonyl (C=O) groups excluding carboxylic acids is 3. The number of amides is 1. The Morgan fingerprint density at radius 2 is 1.77 bits per heavy atom. The fourth-order valence-electron chi connectivity index (χ4n) is 2.12. The van der Waals surface area contributed by atoms with Crippen LogP contribution in [0, 0.1) is 0 Å².